The van der Waals surface area contributed by atoms with Crippen molar-refractivity contribution in [3.63, 3.8) is 0 Å². The van der Waals surface area contributed by atoms with E-state index in [-0.39, 0.29) is 11.8 Å². The van der Waals surface area contributed by atoms with Crippen LogP contribution in [0.2, 0.25) is 0 Å². The molecule has 4 heteroatoms. The highest BCUT2D eigenvalue weighted by Crippen LogP contribution is 2.48. The zero-order chi connectivity index (χ0) is 14.1. The topological polar surface area (TPSA) is 55.1 Å². The number of halogens is 1. The Labute approximate surface area is 128 Å². The van der Waals surface area contributed by atoms with E-state index in [2.05, 4.69) is 33.4 Å². The zero-order valence-electron chi connectivity index (χ0n) is 11.5. The third-order valence-electron chi connectivity index (χ3n) is 4.69. The molecule has 4 unspecified atom stereocenters. The van der Waals surface area contributed by atoms with E-state index in [1.165, 1.54) is 12.0 Å². The molecule has 1 amide bonds. The number of nitrogens with two attached hydrogens (primary N) is 1. The van der Waals surface area contributed by atoms with E-state index in [0.29, 0.717) is 24.4 Å². The van der Waals surface area contributed by atoms with Gasteiger partial charge in [-0.1, -0.05) is 34.5 Å². The number of carbonyl (C=O) groups excluding carboxylic acids is 1. The third-order valence-corrected chi connectivity index (χ3v) is 5.19. The first-order valence-corrected chi connectivity index (χ1v) is 8.24. The number of hydrogen-bond donors (Lipinski definition) is 2. The largest absolute Gasteiger partial charge is 0.353 e. The molecule has 1 aromatic carbocycles. The lowest BCUT2D eigenvalue weighted by Gasteiger charge is -2.19. The van der Waals surface area contributed by atoms with Gasteiger partial charge in [-0.2, -0.15) is 0 Å². The van der Waals surface area contributed by atoms with Gasteiger partial charge in [-0.05, 0) is 55.3 Å². The van der Waals surface area contributed by atoms with Crippen LogP contribution < -0.4 is 11.1 Å². The Morgan fingerprint density at radius 1 is 1.40 bits per heavy atom. The van der Waals surface area contributed by atoms with Crippen LogP contribution in [-0.2, 0) is 4.79 Å². The van der Waals surface area contributed by atoms with Gasteiger partial charge < -0.3 is 11.1 Å². The average molecular weight is 337 g/mol. The Bertz CT molecular complexity index is 505. The number of benzene rings is 1. The Morgan fingerprint density at radius 2 is 2.25 bits per heavy atom. The van der Waals surface area contributed by atoms with Gasteiger partial charge in [0.2, 0.25) is 5.91 Å². The lowest BCUT2D eigenvalue weighted by molar-refractivity contribution is -0.123. The number of nitrogens with one attached hydrogen (secondary N) is 1. The minimum Gasteiger partial charge on any atom is -0.353 e. The number of carbonyl (C=O) groups is 1. The van der Waals surface area contributed by atoms with Crippen LogP contribution in [0.4, 0.5) is 0 Å². The standard InChI is InChI=1S/C16H21BrN2O/c17-12-5-1-3-10(7-12)13-8-14(13)16(20)19-15-6-2-4-11(15)9-18/h1,3,5,7,11,13-15H,2,4,6,8-9,18H2,(H,19,20). The molecule has 0 aliphatic heterocycles. The highest BCUT2D eigenvalue weighted by atomic mass is 79.9. The fourth-order valence-electron chi connectivity index (χ4n) is 3.39. The molecule has 3 rings (SSSR count). The van der Waals surface area contributed by atoms with Crippen LogP contribution in [0.15, 0.2) is 28.7 Å². The second-order valence-corrected chi connectivity index (χ2v) is 6.96. The van der Waals surface area contributed by atoms with Crippen molar-refractivity contribution in [2.24, 2.45) is 17.6 Å². The normalized spacial score (nSPS) is 32.1. The van der Waals surface area contributed by atoms with Crippen LogP contribution in [0.5, 0.6) is 0 Å². The SMILES string of the molecule is NCC1CCCC1NC(=O)C1CC1c1cccc(Br)c1. The second kappa shape index (κ2) is 5.86. The fraction of sp³-hybridized carbons (Fsp3) is 0.562. The Kier molecular flexibility index (Phi) is 4.13. The molecule has 2 fully saturated rings. The van der Waals surface area contributed by atoms with Crippen molar-refractivity contribution in [2.45, 2.75) is 37.6 Å². The number of hydrogen-bond acceptors (Lipinski definition) is 2. The lowest BCUT2D eigenvalue weighted by atomic mass is 10.0. The predicted octanol–water partition coefficient (Wildman–Crippen LogP) is 2.80. The molecule has 0 radical (unpaired) electrons. The summed E-state index contributed by atoms with van der Waals surface area (Å²) in [5, 5.41) is 3.23. The fourth-order valence-corrected chi connectivity index (χ4v) is 3.81. The molecule has 3 N–H and O–H groups in total. The van der Waals surface area contributed by atoms with E-state index in [9.17, 15) is 4.79 Å². The van der Waals surface area contributed by atoms with Gasteiger partial charge in [0.25, 0.3) is 0 Å². The van der Waals surface area contributed by atoms with Crippen molar-refractivity contribution in [1.82, 2.24) is 5.32 Å². The quantitative estimate of drug-likeness (QED) is 0.888. The van der Waals surface area contributed by atoms with Crippen LogP contribution >= 0.6 is 15.9 Å². The summed E-state index contributed by atoms with van der Waals surface area (Å²) in [5.41, 5.74) is 7.04. The molecule has 3 nitrogen and oxygen atoms in total. The third kappa shape index (κ3) is 2.91. The van der Waals surface area contributed by atoms with Gasteiger partial charge in [0.15, 0.2) is 0 Å². The first-order chi connectivity index (χ1) is 9.69. The van der Waals surface area contributed by atoms with Crippen LogP contribution in [0.25, 0.3) is 0 Å². The van der Waals surface area contributed by atoms with Gasteiger partial charge in [0.05, 0.1) is 0 Å². The molecule has 0 heterocycles. The minimum absolute atomic E-state index is 0.156. The molecule has 0 bridgehead atoms. The summed E-state index contributed by atoms with van der Waals surface area (Å²) in [4.78, 5) is 12.3. The van der Waals surface area contributed by atoms with Gasteiger partial charge in [-0.15, -0.1) is 0 Å². The number of amides is 1. The van der Waals surface area contributed by atoms with Gasteiger partial charge in [-0.25, -0.2) is 0 Å². The summed E-state index contributed by atoms with van der Waals surface area (Å²) in [5.74, 6) is 1.25. The summed E-state index contributed by atoms with van der Waals surface area (Å²) in [6.45, 7) is 0.685. The molecule has 0 spiro atoms. The van der Waals surface area contributed by atoms with E-state index in [1.54, 1.807) is 0 Å². The van der Waals surface area contributed by atoms with E-state index >= 15 is 0 Å². The van der Waals surface area contributed by atoms with Gasteiger partial charge in [0, 0.05) is 16.4 Å². The highest BCUT2D eigenvalue weighted by molar-refractivity contribution is 9.10. The van der Waals surface area contributed by atoms with Crippen molar-refractivity contribution in [3.05, 3.63) is 34.3 Å². The molecular weight excluding hydrogens is 316 g/mol. The van der Waals surface area contributed by atoms with Crippen LogP contribution in [-0.4, -0.2) is 18.5 Å². The Balaban J connectivity index is 1.57. The van der Waals surface area contributed by atoms with Crippen molar-refractivity contribution in [1.29, 1.82) is 0 Å². The molecule has 4 atom stereocenters. The number of rotatable bonds is 4. The van der Waals surface area contributed by atoms with Crippen LogP contribution in [0.3, 0.4) is 0 Å². The molecule has 108 valence electrons. The van der Waals surface area contributed by atoms with Crippen molar-refractivity contribution in [2.75, 3.05) is 6.54 Å². The van der Waals surface area contributed by atoms with Crippen LogP contribution in [0.1, 0.15) is 37.2 Å². The van der Waals surface area contributed by atoms with Crippen molar-refractivity contribution < 1.29 is 4.79 Å². The van der Waals surface area contributed by atoms with E-state index in [1.807, 2.05) is 12.1 Å². The maximum absolute atomic E-state index is 12.3. The van der Waals surface area contributed by atoms with Crippen molar-refractivity contribution >= 4 is 21.8 Å². The van der Waals surface area contributed by atoms with Crippen molar-refractivity contribution in [3.8, 4) is 0 Å². The maximum atomic E-state index is 12.3. The molecule has 2 saturated carbocycles. The van der Waals surface area contributed by atoms with Gasteiger partial charge in [-0.3, -0.25) is 4.79 Å². The molecule has 2 aliphatic rings. The molecule has 0 saturated heterocycles. The summed E-state index contributed by atoms with van der Waals surface area (Å²) >= 11 is 3.49. The summed E-state index contributed by atoms with van der Waals surface area (Å²) in [6, 6.07) is 8.59. The first kappa shape index (κ1) is 14.1. The smallest absolute Gasteiger partial charge is 0.223 e. The second-order valence-electron chi connectivity index (χ2n) is 6.05. The molecular formula is C16H21BrN2O. The first-order valence-electron chi connectivity index (χ1n) is 7.45. The highest BCUT2D eigenvalue weighted by Gasteiger charge is 2.45. The van der Waals surface area contributed by atoms with E-state index < -0.39 is 0 Å². The Morgan fingerprint density at radius 3 is 3.00 bits per heavy atom. The zero-order valence-corrected chi connectivity index (χ0v) is 13.1. The molecule has 0 aromatic heterocycles. The molecule has 20 heavy (non-hydrogen) atoms. The predicted molar refractivity (Wildman–Crippen MR) is 83.3 cm³/mol. The summed E-state index contributed by atoms with van der Waals surface area (Å²) < 4.78 is 1.08. The Hall–Kier alpha value is -0.870. The maximum Gasteiger partial charge on any atom is 0.223 e. The summed E-state index contributed by atoms with van der Waals surface area (Å²) in [6.07, 6.45) is 4.40. The lowest BCUT2D eigenvalue weighted by Crippen LogP contribution is -2.40. The van der Waals surface area contributed by atoms with E-state index in [4.69, 9.17) is 5.73 Å². The minimum atomic E-state index is 0.156. The summed E-state index contributed by atoms with van der Waals surface area (Å²) in [7, 11) is 0. The van der Waals surface area contributed by atoms with Gasteiger partial charge in [0.1, 0.15) is 0 Å². The van der Waals surface area contributed by atoms with E-state index in [0.717, 1.165) is 23.7 Å². The average Bonchev–Trinajstić information content (AvgIpc) is 3.13. The molecule has 1 aromatic rings. The van der Waals surface area contributed by atoms with Gasteiger partial charge >= 0.3 is 0 Å². The monoisotopic (exact) mass is 336 g/mol. The molecule has 2 aliphatic carbocycles. The van der Waals surface area contributed by atoms with Crippen LogP contribution in [0, 0.1) is 11.8 Å².